The highest BCUT2D eigenvalue weighted by Crippen LogP contribution is 2.36. The zero-order chi connectivity index (χ0) is 21.1. The van der Waals surface area contributed by atoms with Gasteiger partial charge in [0.2, 0.25) is 0 Å². The van der Waals surface area contributed by atoms with Gasteiger partial charge in [-0.1, -0.05) is 23.7 Å². The maximum atomic E-state index is 6.25. The monoisotopic (exact) mass is 447 g/mol. The molecule has 1 saturated carbocycles. The Bertz CT molecular complexity index is 797. The number of morpholine rings is 1. The number of benzene rings is 1. The van der Waals surface area contributed by atoms with E-state index in [2.05, 4.69) is 36.3 Å². The first-order valence-corrected chi connectivity index (χ1v) is 12.9. The number of ether oxygens (including phenoxy) is 1. The fraction of sp³-hybridized carbons (Fsp3) is 0.625. The molecule has 1 aliphatic carbocycles. The first-order valence-electron chi connectivity index (χ1n) is 11.1. The standard InChI is InChI=1S/C24H34ClN3OS/c1-17-12-24(26-27(17)2)19-6-10-21(11-7-19)28-14-23(16-30-3)29-15-22(28)13-18-4-8-20(25)9-5-18/h4-5,8-9,12,19,21-23H,6-7,10-11,13-16H2,1-3H3/t19?,21?,22-,23+/m0/s1. The minimum Gasteiger partial charge on any atom is -0.374 e. The summed E-state index contributed by atoms with van der Waals surface area (Å²) >= 11 is 7.98. The summed E-state index contributed by atoms with van der Waals surface area (Å²) in [5.74, 6) is 1.69. The lowest BCUT2D eigenvalue weighted by molar-refractivity contribution is -0.0750. The van der Waals surface area contributed by atoms with E-state index in [0.29, 0.717) is 24.1 Å². The molecule has 0 amide bonds. The summed E-state index contributed by atoms with van der Waals surface area (Å²) in [4.78, 5) is 2.78. The molecule has 1 aromatic carbocycles. The van der Waals surface area contributed by atoms with E-state index >= 15 is 0 Å². The van der Waals surface area contributed by atoms with E-state index in [1.165, 1.54) is 42.6 Å². The molecular weight excluding hydrogens is 414 g/mol. The van der Waals surface area contributed by atoms with Gasteiger partial charge in [-0.3, -0.25) is 9.58 Å². The van der Waals surface area contributed by atoms with Gasteiger partial charge in [0, 0.05) is 48.1 Å². The highest BCUT2D eigenvalue weighted by molar-refractivity contribution is 7.98. The Morgan fingerprint density at radius 2 is 1.90 bits per heavy atom. The van der Waals surface area contributed by atoms with Gasteiger partial charge in [0.1, 0.15) is 0 Å². The van der Waals surface area contributed by atoms with Crippen molar-refractivity contribution in [2.24, 2.45) is 7.05 Å². The summed E-state index contributed by atoms with van der Waals surface area (Å²) in [5, 5.41) is 5.56. The molecule has 0 bridgehead atoms. The van der Waals surface area contributed by atoms with E-state index in [0.717, 1.165) is 30.3 Å². The third kappa shape index (κ3) is 5.24. The Balaban J connectivity index is 1.43. The van der Waals surface area contributed by atoms with Crippen molar-refractivity contribution in [3.05, 3.63) is 52.3 Å². The van der Waals surface area contributed by atoms with Gasteiger partial charge in [-0.2, -0.15) is 16.9 Å². The highest BCUT2D eigenvalue weighted by Gasteiger charge is 2.36. The Kier molecular flexibility index (Phi) is 7.45. The second-order valence-corrected chi connectivity index (χ2v) is 10.3. The lowest BCUT2D eigenvalue weighted by Crippen LogP contribution is -2.56. The second kappa shape index (κ2) is 10.1. The molecule has 30 heavy (non-hydrogen) atoms. The number of halogens is 1. The Labute approximate surface area is 190 Å². The van der Waals surface area contributed by atoms with Crippen LogP contribution in [0.25, 0.3) is 0 Å². The van der Waals surface area contributed by atoms with E-state index in [1.807, 2.05) is 35.6 Å². The number of thioether (sulfide) groups is 1. The Hall–Kier alpha value is -1.01. The molecule has 0 N–H and O–H groups in total. The van der Waals surface area contributed by atoms with Crippen molar-refractivity contribution in [3.63, 3.8) is 0 Å². The molecular formula is C24H34ClN3OS. The third-order valence-electron chi connectivity index (χ3n) is 6.86. The molecule has 4 nitrogen and oxygen atoms in total. The van der Waals surface area contributed by atoms with Crippen LogP contribution < -0.4 is 0 Å². The van der Waals surface area contributed by atoms with Crippen molar-refractivity contribution in [1.82, 2.24) is 14.7 Å². The van der Waals surface area contributed by atoms with Crippen molar-refractivity contribution < 1.29 is 4.74 Å². The number of rotatable bonds is 6. The van der Waals surface area contributed by atoms with Gasteiger partial charge in [-0.15, -0.1) is 0 Å². The first-order chi connectivity index (χ1) is 14.5. The fourth-order valence-electron chi connectivity index (χ4n) is 5.07. The first kappa shape index (κ1) is 22.2. The molecule has 2 atom stereocenters. The van der Waals surface area contributed by atoms with Gasteiger partial charge >= 0.3 is 0 Å². The minimum atomic E-state index is 0.345. The van der Waals surface area contributed by atoms with Crippen LogP contribution in [0, 0.1) is 6.92 Å². The summed E-state index contributed by atoms with van der Waals surface area (Å²) in [7, 11) is 2.05. The maximum absolute atomic E-state index is 6.25. The molecule has 2 aliphatic rings. The van der Waals surface area contributed by atoms with E-state index in [4.69, 9.17) is 21.4 Å². The highest BCUT2D eigenvalue weighted by atomic mass is 35.5. The molecule has 0 spiro atoms. The van der Waals surface area contributed by atoms with Gasteiger partial charge in [0.15, 0.2) is 0 Å². The minimum absolute atomic E-state index is 0.345. The normalized spacial score (nSPS) is 28.0. The van der Waals surface area contributed by atoms with Crippen molar-refractivity contribution in [2.45, 2.75) is 63.1 Å². The van der Waals surface area contributed by atoms with Gasteiger partial charge in [0.25, 0.3) is 0 Å². The van der Waals surface area contributed by atoms with Crippen LogP contribution in [0.3, 0.4) is 0 Å². The average molecular weight is 448 g/mol. The predicted octanol–water partition coefficient (Wildman–Crippen LogP) is 5.08. The molecule has 1 saturated heterocycles. The number of nitrogens with zero attached hydrogens (tertiary/aromatic N) is 3. The van der Waals surface area contributed by atoms with Crippen molar-refractivity contribution in [1.29, 1.82) is 0 Å². The van der Waals surface area contributed by atoms with Crippen molar-refractivity contribution >= 4 is 23.4 Å². The SMILES string of the molecule is CSC[C@H]1CN(C2CCC(c3cc(C)n(C)n3)CC2)[C@@H](Cc2ccc(Cl)cc2)CO1. The van der Waals surface area contributed by atoms with E-state index in [-0.39, 0.29) is 0 Å². The topological polar surface area (TPSA) is 30.3 Å². The Morgan fingerprint density at radius 3 is 2.53 bits per heavy atom. The van der Waals surface area contributed by atoms with Gasteiger partial charge in [0.05, 0.1) is 18.4 Å². The van der Waals surface area contributed by atoms with Crippen LogP contribution >= 0.6 is 23.4 Å². The summed E-state index contributed by atoms with van der Waals surface area (Å²) in [6.07, 6.45) is 8.53. The molecule has 2 heterocycles. The average Bonchev–Trinajstić information content (AvgIpc) is 3.09. The third-order valence-corrected chi connectivity index (χ3v) is 7.82. The van der Waals surface area contributed by atoms with Crippen LogP contribution in [0.2, 0.25) is 5.02 Å². The van der Waals surface area contributed by atoms with E-state index in [1.54, 1.807) is 0 Å². The fourth-order valence-corrected chi connectivity index (χ4v) is 5.77. The van der Waals surface area contributed by atoms with Gasteiger partial charge < -0.3 is 4.74 Å². The number of aryl methyl sites for hydroxylation is 2. The van der Waals surface area contributed by atoms with Crippen LogP contribution in [0.5, 0.6) is 0 Å². The van der Waals surface area contributed by atoms with Crippen LogP contribution in [0.4, 0.5) is 0 Å². The lowest BCUT2D eigenvalue weighted by Gasteiger charge is -2.46. The molecule has 2 aromatic rings. The molecule has 1 aromatic heterocycles. The quantitative estimate of drug-likeness (QED) is 0.617. The molecule has 2 fully saturated rings. The molecule has 0 radical (unpaired) electrons. The molecule has 1 aliphatic heterocycles. The zero-order valence-electron chi connectivity index (χ0n) is 18.4. The summed E-state index contributed by atoms with van der Waals surface area (Å²) in [5.41, 5.74) is 3.88. The molecule has 0 unspecified atom stereocenters. The molecule has 164 valence electrons. The van der Waals surface area contributed by atoms with Crippen LogP contribution in [-0.2, 0) is 18.2 Å². The zero-order valence-corrected chi connectivity index (χ0v) is 20.0. The van der Waals surface area contributed by atoms with Crippen LogP contribution in [0.1, 0.15) is 48.6 Å². The largest absolute Gasteiger partial charge is 0.374 e. The van der Waals surface area contributed by atoms with Crippen molar-refractivity contribution in [2.75, 3.05) is 25.2 Å². The maximum Gasteiger partial charge on any atom is 0.0793 e. The number of hydrogen-bond acceptors (Lipinski definition) is 4. The second-order valence-electron chi connectivity index (χ2n) is 8.93. The van der Waals surface area contributed by atoms with Crippen LogP contribution in [-0.4, -0.2) is 58.0 Å². The van der Waals surface area contributed by atoms with E-state index in [9.17, 15) is 0 Å². The van der Waals surface area contributed by atoms with Gasteiger partial charge in [-0.25, -0.2) is 0 Å². The lowest BCUT2D eigenvalue weighted by atomic mass is 9.82. The Morgan fingerprint density at radius 1 is 1.17 bits per heavy atom. The molecule has 6 heteroatoms. The summed E-state index contributed by atoms with van der Waals surface area (Å²) in [6, 6.07) is 11.7. The number of hydrogen-bond donors (Lipinski definition) is 0. The number of aromatic nitrogens is 2. The van der Waals surface area contributed by atoms with Crippen molar-refractivity contribution in [3.8, 4) is 0 Å². The smallest absolute Gasteiger partial charge is 0.0793 e. The van der Waals surface area contributed by atoms with E-state index < -0.39 is 0 Å². The molecule has 4 rings (SSSR count). The van der Waals surface area contributed by atoms with Gasteiger partial charge in [-0.05, 0) is 69.0 Å². The van der Waals surface area contributed by atoms with Crippen LogP contribution in [0.15, 0.2) is 30.3 Å². The predicted molar refractivity (Wildman–Crippen MR) is 127 cm³/mol. The summed E-state index contributed by atoms with van der Waals surface area (Å²) < 4.78 is 8.27. The summed E-state index contributed by atoms with van der Waals surface area (Å²) in [6.45, 7) is 4.02.